The zero-order chi connectivity index (χ0) is 15.9. The van der Waals surface area contributed by atoms with Crippen molar-refractivity contribution in [3.8, 4) is 5.75 Å². The van der Waals surface area contributed by atoms with E-state index in [4.69, 9.17) is 9.47 Å². The van der Waals surface area contributed by atoms with Crippen molar-refractivity contribution in [1.82, 2.24) is 0 Å². The summed E-state index contributed by atoms with van der Waals surface area (Å²) < 4.78 is 23.3. The number of benzene rings is 1. The molecule has 1 aromatic heterocycles. The molecule has 0 atom stereocenters. The molecule has 1 aromatic carbocycles. The van der Waals surface area contributed by atoms with Gasteiger partial charge in [0.25, 0.3) is 5.91 Å². The highest BCUT2D eigenvalue weighted by atomic mass is 32.1. The lowest BCUT2D eigenvalue weighted by Gasteiger charge is -2.08. The van der Waals surface area contributed by atoms with Crippen LogP contribution in [0, 0.1) is 5.82 Å². The van der Waals surface area contributed by atoms with Crippen LogP contribution in [-0.4, -0.2) is 25.1 Å². The summed E-state index contributed by atoms with van der Waals surface area (Å²) in [6.45, 7) is 1.59. The quantitative estimate of drug-likeness (QED) is 0.830. The monoisotopic (exact) mass is 323 g/mol. The number of para-hydroxylation sites is 1. The van der Waals surface area contributed by atoms with Gasteiger partial charge in [0.15, 0.2) is 18.2 Å². The second kappa shape index (κ2) is 7.56. The summed E-state index contributed by atoms with van der Waals surface area (Å²) in [6.07, 6.45) is 0. The minimum absolute atomic E-state index is 0.00514. The Hall–Kier alpha value is -2.41. The molecule has 1 heterocycles. The van der Waals surface area contributed by atoms with Gasteiger partial charge in [0, 0.05) is 0 Å². The van der Waals surface area contributed by atoms with E-state index < -0.39 is 17.7 Å². The number of rotatable bonds is 6. The first-order chi connectivity index (χ1) is 10.6. The number of carbonyl (C=O) groups excluding carboxylic acids is 2. The van der Waals surface area contributed by atoms with Crippen molar-refractivity contribution in [3.63, 3.8) is 0 Å². The van der Waals surface area contributed by atoms with Gasteiger partial charge in [0.2, 0.25) is 0 Å². The van der Waals surface area contributed by atoms with Crippen LogP contribution in [0.3, 0.4) is 0 Å². The Morgan fingerprint density at radius 2 is 2.05 bits per heavy atom. The first-order valence-electron chi connectivity index (χ1n) is 6.53. The summed E-state index contributed by atoms with van der Waals surface area (Å²) in [5.41, 5.74) is 0.283. The number of halogens is 1. The summed E-state index contributed by atoms with van der Waals surface area (Å²) >= 11 is 1.19. The number of hydrogen-bond donors (Lipinski definition) is 1. The Bertz CT molecular complexity index is 671. The van der Waals surface area contributed by atoms with Crippen molar-refractivity contribution in [2.75, 3.05) is 18.5 Å². The number of anilines is 1. The van der Waals surface area contributed by atoms with Crippen LogP contribution >= 0.6 is 11.3 Å². The first-order valence-corrected chi connectivity index (χ1v) is 7.41. The fourth-order valence-corrected chi connectivity index (χ4v) is 2.43. The molecule has 22 heavy (non-hydrogen) atoms. The van der Waals surface area contributed by atoms with E-state index in [0.29, 0.717) is 5.00 Å². The largest absolute Gasteiger partial charge is 0.481 e. The third kappa shape index (κ3) is 4.05. The molecule has 0 unspecified atom stereocenters. The van der Waals surface area contributed by atoms with Crippen LogP contribution in [0.15, 0.2) is 35.7 Å². The molecule has 0 saturated heterocycles. The van der Waals surface area contributed by atoms with Gasteiger partial charge in [-0.25, -0.2) is 9.18 Å². The maximum Gasteiger partial charge on any atom is 0.341 e. The van der Waals surface area contributed by atoms with Crippen molar-refractivity contribution >= 4 is 28.2 Å². The smallest absolute Gasteiger partial charge is 0.341 e. The molecule has 7 heteroatoms. The van der Waals surface area contributed by atoms with Crippen LogP contribution in [0.1, 0.15) is 17.3 Å². The van der Waals surface area contributed by atoms with Crippen LogP contribution in [0.5, 0.6) is 5.75 Å². The standard InChI is InChI=1S/C15H14FNO4S/c1-2-20-15(19)10-7-8-22-14(10)17-13(18)9-21-12-6-4-3-5-11(12)16/h3-8H,2,9H2,1H3,(H,17,18). The molecule has 1 N–H and O–H groups in total. The SMILES string of the molecule is CCOC(=O)c1ccsc1NC(=O)COc1ccccc1F. The van der Waals surface area contributed by atoms with E-state index in [2.05, 4.69) is 5.32 Å². The molecule has 2 rings (SSSR count). The highest BCUT2D eigenvalue weighted by molar-refractivity contribution is 7.14. The highest BCUT2D eigenvalue weighted by Gasteiger charge is 2.16. The zero-order valence-corrected chi connectivity index (χ0v) is 12.6. The lowest BCUT2D eigenvalue weighted by Crippen LogP contribution is -2.21. The van der Waals surface area contributed by atoms with Gasteiger partial charge in [-0.3, -0.25) is 4.79 Å². The normalized spacial score (nSPS) is 10.1. The van der Waals surface area contributed by atoms with Gasteiger partial charge in [-0.2, -0.15) is 0 Å². The Morgan fingerprint density at radius 3 is 2.77 bits per heavy atom. The fourth-order valence-electron chi connectivity index (χ4n) is 1.64. The molecule has 0 radical (unpaired) electrons. The molecule has 0 fully saturated rings. The maximum absolute atomic E-state index is 13.4. The van der Waals surface area contributed by atoms with Gasteiger partial charge < -0.3 is 14.8 Å². The Labute approximate surface area is 130 Å². The van der Waals surface area contributed by atoms with Crippen LogP contribution in [0.2, 0.25) is 0 Å². The summed E-state index contributed by atoms with van der Waals surface area (Å²) in [5.74, 6) is -1.54. The average molecular weight is 323 g/mol. The molecule has 0 bridgehead atoms. The third-order valence-electron chi connectivity index (χ3n) is 2.61. The fraction of sp³-hybridized carbons (Fsp3) is 0.200. The average Bonchev–Trinajstić information content (AvgIpc) is 2.95. The number of nitrogens with one attached hydrogen (secondary N) is 1. The van der Waals surface area contributed by atoms with Crippen molar-refractivity contribution < 1.29 is 23.5 Å². The Kier molecular flexibility index (Phi) is 5.48. The lowest BCUT2D eigenvalue weighted by molar-refractivity contribution is -0.118. The molecule has 0 saturated carbocycles. The van der Waals surface area contributed by atoms with Crippen molar-refractivity contribution in [1.29, 1.82) is 0 Å². The Morgan fingerprint density at radius 1 is 1.27 bits per heavy atom. The molecule has 5 nitrogen and oxygen atoms in total. The lowest BCUT2D eigenvalue weighted by atomic mass is 10.3. The van der Waals surface area contributed by atoms with Gasteiger partial charge in [0.1, 0.15) is 5.00 Å². The predicted molar refractivity (Wildman–Crippen MR) is 80.8 cm³/mol. The summed E-state index contributed by atoms with van der Waals surface area (Å²) in [7, 11) is 0. The van der Waals surface area contributed by atoms with Crippen molar-refractivity contribution in [2.24, 2.45) is 0 Å². The van der Waals surface area contributed by atoms with E-state index in [1.165, 1.54) is 29.5 Å². The van der Waals surface area contributed by atoms with Crippen LogP contribution in [0.4, 0.5) is 9.39 Å². The first kappa shape index (κ1) is 16.0. The van der Waals surface area contributed by atoms with Gasteiger partial charge in [-0.1, -0.05) is 12.1 Å². The second-order valence-corrected chi connectivity index (χ2v) is 5.07. The van der Waals surface area contributed by atoms with E-state index in [-0.39, 0.29) is 24.5 Å². The summed E-state index contributed by atoms with van der Waals surface area (Å²) in [6, 6.07) is 7.37. The number of carbonyl (C=O) groups is 2. The van der Waals surface area contributed by atoms with E-state index in [0.717, 1.165) is 0 Å². The molecule has 1 amide bonds. The zero-order valence-electron chi connectivity index (χ0n) is 11.8. The van der Waals surface area contributed by atoms with E-state index in [1.807, 2.05) is 0 Å². The highest BCUT2D eigenvalue weighted by Crippen LogP contribution is 2.24. The number of amides is 1. The number of hydrogen-bond acceptors (Lipinski definition) is 5. The van der Waals surface area contributed by atoms with Crippen molar-refractivity contribution in [3.05, 3.63) is 47.1 Å². The van der Waals surface area contributed by atoms with Gasteiger partial charge in [-0.05, 0) is 30.5 Å². The van der Waals surface area contributed by atoms with Crippen LogP contribution in [-0.2, 0) is 9.53 Å². The van der Waals surface area contributed by atoms with Gasteiger partial charge in [-0.15, -0.1) is 11.3 Å². The van der Waals surface area contributed by atoms with Crippen molar-refractivity contribution in [2.45, 2.75) is 6.92 Å². The minimum Gasteiger partial charge on any atom is -0.481 e. The molecular weight excluding hydrogens is 309 g/mol. The molecule has 2 aromatic rings. The van der Waals surface area contributed by atoms with Crippen LogP contribution < -0.4 is 10.1 Å². The number of thiophene rings is 1. The molecule has 0 aliphatic carbocycles. The molecule has 0 aliphatic heterocycles. The topological polar surface area (TPSA) is 64.6 Å². The predicted octanol–water partition coefficient (Wildman–Crippen LogP) is 3.08. The van der Waals surface area contributed by atoms with Gasteiger partial charge in [0.05, 0.1) is 12.2 Å². The molecule has 0 aliphatic rings. The number of esters is 1. The van der Waals surface area contributed by atoms with E-state index in [1.54, 1.807) is 24.4 Å². The minimum atomic E-state index is -0.543. The number of ether oxygens (including phenoxy) is 2. The summed E-state index contributed by atoms with van der Waals surface area (Å²) in [4.78, 5) is 23.5. The molecule has 0 spiro atoms. The summed E-state index contributed by atoms with van der Waals surface area (Å²) in [5, 5.41) is 4.59. The molecule has 116 valence electrons. The Balaban J connectivity index is 1.94. The van der Waals surface area contributed by atoms with Gasteiger partial charge >= 0.3 is 5.97 Å². The van der Waals surface area contributed by atoms with Crippen LogP contribution in [0.25, 0.3) is 0 Å². The molecular formula is C15H14FNO4S. The maximum atomic E-state index is 13.4. The van der Waals surface area contributed by atoms with E-state index in [9.17, 15) is 14.0 Å². The second-order valence-electron chi connectivity index (χ2n) is 4.15. The third-order valence-corrected chi connectivity index (χ3v) is 3.44. The van der Waals surface area contributed by atoms with E-state index >= 15 is 0 Å².